The van der Waals surface area contributed by atoms with Gasteiger partial charge in [0.15, 0.2) is 0 Å². The second kappa shape index (κ2) is 2.07. The van der Waals surface area contributed by atoms with Crippen molar-refractivity contribution in [3.63, 3.8) is 0 Å². The van der Waals surface area contributed by atoms with Crippen LogP contribution < -0.4 is 0 Å². The molecular weight excluding hydrogens is 260 g/mol. The molecule has 0 saturated heterocycles. The van der Waals surface area contributed by atoms with E-state index in [0.29, 0.717) is 11.7 Å². The van der Waals surface area contributed by atoms with Crippen LogP contribution in [-0.2, 0) is 4.79 Å². The minimum atomic E-state index is -0.00637. The number of carbonyl (C=O) groups excluding carboxylic acids is 1. The van der Waals surface area contributed by atoms with Crippen LogP contribution in [0.3, 0.4) is 0 Å². The Balaban J connectivity index is 2.18. The van der Waals surface area contributed by atoms with Gasteiger partial charge in [0, 0.05) is 12.3 Å². The molecule has 0 aromatic rings. The molecule has 0 spiro atoms. The monoisotopic (exact) mass is 266 g/mol. The predicted molar refractivity (Wildman–Crippen MR) is 46.4 cm³/mol. The van der Waals surface area contributed by atoms with Crippen LogP contribution in [-0.4, -0.2) is 9.02 Å². The highest BCUT2D eigenvalue weighted by Gasteiger charge is 2.65. The molecule has 2 aliphatic carbocycles. The van der Waals surface area contributed by atoms with Gasteiger partial charge < -0.3 is 0 Å². The summed E-state index contributed by atoms with van der Waals surface area (Å²) in [6.07, 6.45) is 3.08. The molecule has 2 unspecified atom stereocenters. The molecule has 2 fully saturated rings. The molecule has 1 nitrogen and oxygen atoms in total. The first kappa shape index (κ1) is 7.29. The molecule has 2 atom stereocenters. The van der Waals surface area contributed by atoms with Crippen molar-refractivity contribution in [2.24, 2.45) is 11.8 Å². The first-order valence-electron chi connectivity index (χ1n) is 3.54. The van der Waals surface area contributed by atoms with E-state index in [2.05, 4.69) is 31.9 Å². The Morgan fingerprint density at radius 3 is 2.70 bits per heavy atom. The number of fused-ring (bicyclic) bond motifs is 1. The van der Waals surface area contributed by atoms with Gasteiger partial charge in [0.25, 0.3) is 0 Å². The van der Waals surface area contributed by atoms with Crippen molar-refractivity contribution >= 4 is 37.6 Å². The molecule has 56 valence electrons. The first-order valence-corrected chi connectivity index (χ1v) is 5.13. The number of alkyl halides is 2. The molecule has 0 heterocycles. The minimum absolute atomic E-state index is 0.00637. The van der Waals surface area contributed by atoms with Crippen molar-refractivity contribution in [3.8, 4) is 0 Å². The third-order valence-electron chi connectivity index (χ3n) is 2.49. The summed E-state index contributed by atoms with van der Waals surface area (Å²) in [6.45, 7) is 0. The maximum absolute atomic E-state index is 11.2. The summed E-state index contributed by atoms with van der Waals surface area (Å²) in [4.78, 5) is 11.2. The van der Waals surface area contributed by atoms with E-state index < -0.39 is 0 Å². The van der Waals surface area contributed by atoms with E-state index in [1.165, 1.54) is 6.42 Å². The molecule has 0 bridgehead atoms. The third-order valence-corrected chi connectivity index (χ3v) is 4.65. The summed E-state index contributed by atoms with van der Waals surface area (Å²) in [6, 6.07) is 0. The van der Waals surface area contributed by atoms with Crippen LogP contribution in [0.15, 0.2) is 0 Å². The molecule has 0 N–H and O–H groups in total. The Kier molecular flexibility index (Phi) is 1.51. The van der Waals surface area contributed by atoms with Gasteiger partial charge in [-0.2, -0.15) is 0 Å². The van der Waals surface area contributed by atoms with Gasteiger partial charge in [-0.25, -0.2) is 0 Å². The number of Topliss-reactive ketones (excluding diaryl/α,β-unsaturated/α-hetero) is 1. The van der Waals surface area contributed by atoms with Crippen molar-refractivity contribution in [1.29, 1.82) is 0 Å². The van der Waals surface area contributed by atoms with Gasteiger partial charge in [-0.05, 0) is 18.8 Å². The summed E-state index contributed by atoms with van der Waals surface area (Å²) < 4.78 is -0.00637. The molecule has 3 heteroatoms. The molecular formula is C7H8Br2O. The third kappa shape index (κ3) is 0.828. The Labute approximate surface area is 76.8 Å². The number of carbonyl (C=O) groups is 1. The second-order valence-corrected chi connectivity index (χ2v) is 6.81. The summed E-state index contributed by atoms with van der Waals surface area (Å²) in [5, 5.41) is 0. The standard InChI is InChI=1S/C7H8Br2O/c8-7(9)4-2-1-3-5(10)6(4)7/h4,6H,1-3H2. The molecule has 2 rings (SSSR count). The topological polar surface area (TPSA) is 17.1 Å². The minimum Gasteiger partial charge on any atom is -0.299 e. The second-order valence-electron chi connectivity index (χ2n) is 3.12. The van der Waals surface area contributed by atoms with E-state index in [4.69, 9.17) is 0 Å². The molecule has 0 aromatic heterocycles. The van der Waals surface area contributed by atoms with Crippen molar-refractivity contribution < 1.29 is 4.79 Å². The Bertz CT molecular complexity index is 188. The smallest absolute Gasteiger partial charge is 0.138 e. The SMILES string of the molecule is O=C1CCCC2C1C2(Br)Br. The predicted octanol–water partition coefficient (Wildman–Crippen LogP) is 2.47. The molecule has 0 amide bonds. The largest absolute Gasteiger partial charge is 0.299 e. The lowest BCUT2D eigenvalue weighted by Gasteiger charge is -2.03. The fourth-order valence-electron chi connectivity index (χ4n) is 1.84. The lowest BCUT2D eigenvalue weighted by molar-refractivity contribution is -0.121. The zero-order valence-electron chi connectivity index (χ0n) is 5.44. The van der Waals surface area contributed by atoms with E-state index >= 15 is 0 Å². The maximum Gasteiger partial charge on any atom is 0.138 e. The molecule has 0 aliphatic heterocycles. The summed E-state index contributed by atoms with van der Waals surface area (Å²) in [5.41, 5.74) is 0. The molecule has 2 saturated carbocycles. The average molecular weight is 268 g/mol. The maximum atomic E-state index is 11.2. The van der Waals surface area contributed by atoms with Crippen LogP contribution >= 0.6 is 31.9 Å². The molecule has 10 heavy (non-hydrogen) atoms. The molecule has 0 radical (unpaired) electrons. The summed E-state index contributed by atoms with van der Waals surface area (Å²) in [5.74, 6) is 1.29. The Morgan fingerprint density at radius 1 is 1.50 bits per heavy atom. The highest BCUT2D eigenvalue weighted by atomic mass is 79.9. The van der Waals surface area contributed by atoms with Gasteiger partial charge in [-0.15, -0.1) is 0 Å². The Hall–Kier alpha value is 0.630. The quantitative estimate of drug-likeness (QED) is 0.617. The zero-order chi connectivity index (χ0) is 7.35. The molecule has 2 aliphatic rings. The Morgan fingerprint density at radius 2 is 2.20 bits per heavy atom. The van der Waals surface area contributed by atoms with E-state index in [-0.39, 0.29) is 9.15 Å². The first-order chi connectivity index (χ1) is 4.64. The van der Waals surface area contributed by atoms with Crippen LogP contribution in [0.5, 0.6) is 0 Å². The van der Waals surface area contributed by atoms with E-state index in [0.717, 1.165) is 12.8 Å². The van der Waals surface area contributed by atoms with Crippen LogP contribution in [0.1, 0.15) is 19.3 Å². The van der Waals surface area contributed by atoms with Crippen LogP contribution in [0.25, 0.3) is 0 Å². The lowest BCUT2D eigenvalue weighted by atomic mass is 10.00. The number of halogens is 2. The fourth-order valence-corrected chi connectivity index (χ4v) is 3.71. The number of ketones is 1. The summed E-state index contributed by atoms with van der Waals surface area (Å²) >= 11 is 7.03. The van der Waals surface area contributed by atoms with Crippen molar-refractivity contribution in [2.75, 3.05) is 0 Å². The lowest BCUT2D eigenvalue weighted by Crippen LogP contribution is -2.08. The number of hydrogen-bond donors (Lipinski definition) is 0. The van der Waals surface area contributed by atoms with E-state index in [1.807, 2.05) is 0 Å². The van der Waals surface area contributed by atoms with Gasteiger partial charge in [0.1, 0.15) is 5.78 Å². The highest BCUT2D eigenvalue weighted by Crippen LogP contribution is 2.66. The average Bonchev–Trinajstić information content (AvgIpc) is 2.38. The van der Waals surface area contributed by atoms with Crippen molar-refractivity contribution in [2.45, 2.75) is 22.5 Å². The number of hydrogen-bond acceptors (Lipinski definition) is 1. The number of rotatable bonds is 0. The van der Waals surface area contributed by atoms with Crippen LogP contribution in [0, 0.1) is 11.8 Å². The fraction of sp³-hybridized carbons (Fsp3) is 0.857. The van der Waals surface area contributed by atoms with Crippen molar-refractivity contribution in [1.82, 2.24) is 0 Å². The van der Waals surface area contributed by atoms with Gasteiger partial charge in [-0.1, -0.05) is 31.9 Å². The van der Waals surface area contributed by atoms with Crippen LogP contribution in [0.4, 0.5) is 0 Å². The summed E-state index contributed by atoms with van der Waals surface area (Å²) in [7, 11) is 0. The molecule has 0 aromatic carbocycles. The van der Waals surface area contributed by atoms with E-state index in [1.54, 1.807) is 0 Å². The normalized spacial score (nSPS) is 42.8. The zero-order valence-corrected chi connectivity index (χ0v) is 8.61. The highest BCUT2D eigenvalue weighted by molar-refractivity contribution is 9.25. The van der Waals surface area contributed by atoms with Crippen LogP contribution in [0.2, 0.25) is 0 Å². The van der Waals surface area contributed by atoms with E-state index in [9.17, 15) is 4.79 Å². The van der Waals surface area contributed by atoms with Gasteiger partial charge in [-0.3, -0.25) is 4.79 Å². The van der Waals surface area contributed by atoms with Gasteiger partial charge in [0.2, 0.25) is 0 Å². The van der Waals surface area contributed by atoms with Crippen molar-refractivity contribution in [3.05, 3.63) is 0 Å². The van der Waals surface area contributed by atoms with Gasteiger partial charge >= 0.3 is 0 Å². The van der Waals surface area contributed by atoms with Gasteiger partial charge in [0.05, 0.1) is 3.23 Å².